The van der Waals surface area contributed by atoms with E-state index in [0.29, 0.717) is 5.02 Å². The van der Waals surface area contributed by atoms with Crippen molar-refractivity contribution >= 4 is 43.5 Å². The Morgan fingerprint density at radius 2 is 1.82 bits per heavy atom. The second-order valence-electron chi connectivity index (χ2n) is 3.44. The number of hydrogen-bond acceptors (Lipinski definition) is 1. The van der Waals surface area contributed by atoms with Gasteiger partial charge in [-0.05, 0) is 24.3 Å². The molecule has 2 rings (SSSR count). The summed E-state index contributed by atoms with van der Waals surface area (Å²) in [6.45, 7) is 0. The van der Waals surface area contributed by atoms with Crippen molar-refractivity contribution in [2.24, 2.45) is 0 Å². The summed E-state index contributed by atoms with van der Waals surface area (Å²) in [5.74, 6) is 0.822. The Morgan fingerprint density at radius 1 is 1.06 bits per heavy atom. The molecule has 0 bridgehead atoms. The highest BCUT2D eigenvalue weighted by atomic mass is 79.9. The van der Waals surface area contributed by atoms with Gasteiger partial charge in [-0.2, -0.15) is 0 Å². The van der Waals surface area contributed by atoms with Crippen LogP contribution in [-0.4, -0.2) is 7.11 Å². The van der Waals surface area contributed by atoms with Gasteiger partial charge in [0.15, 0.2) is 0 Å². The molecule has 0 unspecified atom stereocenters. The van der Waals surface area contributed by atoms with Gasteiger partial charge in [0.2, 0.25) is 0 Å². The predicted molar refractivity (Wildman–Crippen MR) is 78.8 cm³/mol. The average molecular weight is 376 g/mol. The Bertz CT molecular complexity index is 555. The Balaban J connectivity index is 2.67. The van der Waals surface area contributed by atoms with Gasteiger partial charge in [-0.25, -0.2) is 0 Å². The third-order valence-corrected chi connectivity index (χ3v) is 3.95. The summed E-state index contributed by atoms with van der Waals surface area (Å²) in [5.41, 5.74) is 2.05. The van der Waals surface area contributed by atoms with Crippen LogP contribution in [-0.2, 0) is 0 Å². The standard InChI is InChI=1S/C13H9Br2ClO/c1-17-12-4-2-3-10(14)13(12)9-6-5-8(16)7-11(9)15/h2-7H,1H3. The summed E-state index contributed by atoms with van der Waals surface area (Å²) < 4.78 is 7.31. The average Bonchev–Trinajstić information content (AvgIpc) is 2.30. The van der Waals surface area contributed by atoms with E-state index in [0.717, 1.165) is 25.8 Å². The van der Waals surface area contributed by atoms with Crippen LogP contribution in [0.5, 0.6) is 5.75 Å². The van der Waals surface area contributed by atoms with Crippen molar-refractivity contribution in [2.45, 2.75) is 0 Å². The number of methoxy groups -OCH3 is 1. The van der Waals surface area contributed by atoms with E-state index in [9.17, 15) is 0 Å². The number of rotatable bonds is 2. The van der Waals surface area contributed by atoms with Gasteiger partial charge in [0.25, 0.3) is 0 Å². The van der Waals surface area contributed by atoms with Crippen molar-refractivity contribution in [1.82, 2.24) is 0 Å². The van der Waals surface area contributed by atoms with E-state index >= 15 is 0 Å². The zero-order valence-electron chi connectivity index (χ0n) is 9.01. The largest absolute Gasteiger partial charge is 0.496 e. The van der Waals surface area contributed by atoms with Crippen molar-refractivity contribution in [3.05, 3.63) is 50.4 Å². The van der Waals surface area contributed by atoms with Crippen LogP contribution in [0.2, 0.25) is 5.02 Å². The molecule has 0 aromatic heterocycles. The summed E-state index contributed by atoms with van der Waals surface area (Å²) in [4.78, 5) is 0. The van der Waals surface area contributed by atoms with Crippen molar-refractivity contribution in [3.63, 3.8) is 0 Å². The smallest absolute Gasteiger partial charge is 0.127 e. The van der Waals surface area contributed by atoms with Gasteiger partial charge in [-0.1, -0.05) is 55.6 Å². The molecule has 0 aliphatic rings. The molecule has 0 atom stereocenters. The summed E-state index contributed by atoms with van der Waals surface area (Å²) in [6, 6.07) is 11.6. The molecular formula is C13H9Br2ClO. The molecule has 17 heavy (non-hydrogen) atoms. The molecular weight excluding hydrogens is 367 g/mol. The Kier molecular flexibility index (Phi) is 4.13. The van der Waals surface area contributed by atoms with E-state index in [2.05, 4.69) is 31.9 Å². The normalized spacial score (nSPS) is 10.4. The molecule has 2 aromatic carbocycles. The maximum absolute atomic E-state index is 5.94. The number of benzene rings is 2. The zero-order valence-corrected chi connectivity index (χ0v) is 12.9. The maximum Gasteiger partial charge on any atom is 0.127 e. The van der Waals surface area contributed by atoms with Crippen LogP contribution >= 0.6 is 43.5 Å². The van der Waals surface area contributed by atoms with Gasteiger partial charge in [-0.15, -0.1) is 0 Å². The zero-order chi connectivity index (χ0) is 12.4. The van der Waals surface area contributed by atoms with Crippen molar-refractivity contribution in [3.8, 4) is 16.9 Å². The predicted octanol–water partition coefficient (Wildman–Crippen LogP) is 5.54. The lowest BCUT2D eigenvalue weighted by atomic mass is 10.0. The molecule has 0 aliphatic heterocycles. The molecule has 4 heteroatoms. The fourth-order valence-electron chi connectivity index (χ4n) is 1.63. The third-order valence-electron chi connectivity index (χ3n) is 2.40. The molecule has 0 saturated heterocycles. The summed E-state index contributed by atoms with van der Waals surface area (Å²) in [7, 11) is 1.66. The minimum absolute atomic E-state index is 0.701. The van der Waals surface area contributed by atoms with E-state index in [1.165, 1.54) is 0 Å². The van der Waals surface area contributed by atoms with E-state index in [1.54, 1.807) is 7.11 Å². The van der Waals surface area contributed by atoms with E-state index in [4.69, 9.17) is 16.3 Å². The SMILES string of the molecule is COc1cccc(Br)c1-c1ccc(Cl)cc1Br. The molecule has 1 nitrogen and oxygen atoms in total. The number of ether oxygens (including phenoxy) is 1. The maximum atomic E-state index is 5.94. The third kappa shape index (κ3) is 2.67. The van der Waals surface area contributed by atoms with Crippen LogP contribution in [0.15, 0.2) is 45.3 Å². The van der Waals surface area contributed by atoms with Gasteiger partial charge >= 0.3 is 0 Å². The second-order valence-corrected chi connectivity index (χ2v) is 5.59. The van der Waals surface area contributed by atoms with Gasteiger partial charge < -0.3 is 4.74 Å². The highest BCUT2D eigenvalue weighted by Crippen LogP contribution is 2.40. The van der Waals surface area contributed by atoms with Gasteiger partial charge in [0.1, 0.15) is 5.75 Å². The van der Waals surface area contributed by atoms with Crippen molar-refractivity contribution in [2.75, 3.05) is 7.11 Å². The molecule has 0 amide bonds. The second kappa shape index (κ2) is 5.42. The van der Waals surface area contributed by atoms with Gasteiger partial charge in [0.05, 0.1) is 7.11 Å². The van der Waals surface area contributed by atoms with Crippen LogP contribution in [0.25, 0.3) is 11.1 Å². The lowest BCUT2D eigenvalue weighted by Gasteiger charge is -2.12. The Labute approximate surface area is 122 Å². The lowest BCUT2D eigenvalue weighted by molar-refractivity contribution is 0.416. The van der Waals surface area contributed by atoms with Crippen molar-refractivity contribution in [1.29, 1.82) is 0 Å². The quantitative estimate of drug-likeness (QED) is 0.669. The van der Waals surface area contributed by atoms with Crippen LogP contribution in [0.4, 0.5) is 0 Å². The molecule has 0 aliphatic carbocycles. The molecule has 2 aromatic rings. The minimum atomic E-state index is 0.701. The van der Waals surface area contributed by atoms with Crippen LogP contribution in [0, 0.1) is 0 Å². The minimum Gasteiger partial charge on any atom is -0.496 e. The molecule has 0 spiro atoms. The monoisotopic (exact) mass is 374 g/mol. The molecule has 0 fully saturated rings. The Hall–Kier alpha value is -0.510. The number of hydrogen-bond donors (Lipinski definition) is 0. The first kappa shape index (κ1) is 12.9. The first-order valence-corrected chi connectivity index (χ1v) is 6.88. The van der Waals surface area contributed by atoms with E-state index in [1.807, 2.05) is 36.4 Å². The van der Waals surface area contributed by atoms with Gasteiger partial charge in [0, 0.05) is 25.1 Å². The molecule has 0 N–H and O–H groups in total. The van der Waals surface area contributed by atoms with Crippen LogP contribution in [0.1, 0.15) is 0 Å². The number of halogens is 3. The highest BCUT2D eigenvalue weighted by Gasteiger charge is 2.12. The fraction of sp³-hybridized carbons (Fsp3) is 0.0769. The van der Waals surface area contributed by atoms with E-state index in [-0.39, 0.29) is 0 Å². The lowest BCUT2D eigenvalue weighted by Crippen LogP contribution is -1.89. The summed E-state index contributed by atoms with van der Waals surface area (Å²) in [5, 5.41) is 0.701. The first-order chi connectivity index (χ1) is 8.13. The van der Waals surface area contributed by atoms with E-state index < -0.39 is 0 Å². The molecule has 0 saturated carbocycles. The summed E-state index contributed by atoms with van der Waals surface area (Å²) >= 11 is 13.0. The molecule has 88 valence electrons. The topological polar surface area (TPSA) is 9.23 Å². The molecule has 0 heterocycles. The van der Waals surface area contributed by atoms with Crippen molar-refractivity contribution < 1.29 is 4.74 Å². The fourth-order valence-corrected chi connectivity index (χ4v) is 3.07. The summed E-state index contributed by atoms with van der Waals surface area (Å²) in [6.07, 6.45) is 0. The molecule has 0 radical (unpaired) electrons. The highest BCUT2D eigenvalue weighted by molar-refractivity contribution is 9.11. The van der Waals surface area contributed by atoms with Crippen LogP contribution < -0.4 is 4.74 Å². The first-order valence-electron chi connectivity index (χ1n) is 4.91. The Morgan fingerprint density at radius 3 is 2.47 bits per heavy atom. The van der Waals surface area contributed by atoms with Gasteiger partial charge in [-0.3, -0.25) is 0 Å². The van der Waals surface area contributed by atoms with Crippen LogP contribution in [0.3, 0.4) is 0 Å².